The van der Waals surface area contributed by atoms with Crippen LogP contribution in [0.25, 0.3) is 0 Å². The van der Waals surface area contributed by atoms with Crippen molar-refractivity contribution in [1.82, 2.24) is 5.32 Å². The van der Waals surface area contributed by atoms with Crippen LogP contribution >= 0.6 is 23.5 Å². The fraction of sp³-hybridized carbons (Fsp3) is 0.333. The van der Waals surface area contributed by atoms with Gasteiger partial charge < -0.3 is 5.32 Å². The van der Waals surface area contributed by atoms with Crippen molar-refractivity contribution in [3.63, 3.8) is 0 Å². The summed E-state index contributed by atoms with van der Waals surface area (Å²) in [5.41, 5.74) is 2.58. The van der Waals surface area contributed by atoms with Crippen LogP contribution < -0.4 is 5.32 Å². The molecule has 2 aromatic carbocycles. The Hall–Kier alpha value is -1.50. The average Bonchev–Trinajstić information content (AvgIpc) is 2.74. The number of rotatable bonds is 6. The fourth-order valence-corrected chi connectivity index (χ4v) is 5.36. The second-order valence-corrected chi connectivity index (χ2v) is 7.94. The molecule has 0 radical (unpaired) electrons. The topological polar surface area (TPSA) is 55.2 Å². The van der Waals surface area contributed by atoms with E-state index in [1.54, 1.807) is 6.07 Å². The average molecular weight is 361 g/mol. The van der Waals surface area contributed by atoms with E-state index in [0.29, 0.717) is 0 Å². The smallest absolute Gasteiger partial charge is 0.283 e. The first-order valence-corrected chi connectivity index (χ1v) is 9.92. The molecule has 126 valence electrons. The van der Waals surface area contributed by atoms with Crippen molar-refractivity contribution in [2.45, 2.75) is 28.4 Å². The molecule has 24 heavy (non-hydrogen) atoms. The number of hydrogen-bond donors (Lipinski definition) is 1. The number of nitrogens with zero attached hydrogens (tertiary/aromatic N) is 1. The fourth-order valence-electron chi connectivity index (χ4n) is 2.84. The first-order valence-electron chi connectivity index (χ1n) is 8.06. The summed E-state index contributed by atoms with van der Waals surface area (Å²) in [6, 6.07) is 13.7. The Labute approximate surface area is 150 Å². The second-order valence-electron chi connectivity index (χ2n) is 5.58. The molecule has 1 atom stereocenters. The van der Waals surface area contributed by atoms with Gasteiger partial charge in [0.25, 0.3) is 5.69 Å². The Balaban J connectivity index is 1.98. The predicted octanol–water partition coefficient (Wildman–Crippen LogP) is 4.69. The van der Waals surface area contributed by atoms with Gasteiger partial charge in [0.15, 0.2) is 0 Å². The number of nitro benzene ring substituents is 1. The Morgan fingerprint density at radius 3 is 2.92 bits per heavy atom. The van der Waals surface area contributed by atoms with Crippen LogP contribution in [-0.4, -0.2) is 23.8 Å². The summed E-state index contributed by atoms with van der Waals surface area (Å²) in [5.74, 6) is 0.994. The van der Waals surface area contributed by atoms with Crippen LogP contribution in [0.1, 0.15) is 23.3 Å². The summed E-state index contributed by atoms with van der Waals surface area (Å²) in [6.45, 7) is 4.02. The van der Waals surface area contributed by atoms with E-state index >= 15 is 0 Å². The van der Waals surface area contributed by atoms with E-state index in [1.807, 2.05) is 36.0 Å². The maximum atomic E-state index is 11.5. The van der Waals surface area contributed by atoms with Gasteiger partial charge in [-0.1, -0.05) is 49.0 Å². The largest absolute Gasteiger partial charge is 0.316 e. The van der Waals surface area contributed by atoms with E-state index in [4.69, 9.17) is 0 Å². The Morgan fingerprint density at radius 2 is 2.12 bits per heavy atom. The predicted molar refractivity (Wildman–Crippen MR) is 101 cm³/mol. The summed E-state index contributed by atoms with van der Waals surface area (Å²) in [6.07, 6.45) is 0.911. The van der Waals surface area contributed by atoms with Crippen LogP contribution in [-0.2, 0) is 6.42 Å². The first kappa shape index (κ1) is 17.3. The molecule has 1 unspecified atom stereocenters. The quantitative estimate of drug-likeness (QED) is 0.460. The van der Waals surface area contributed by atoms with Crippen LogP contribution in [0, 0.1) is 10.1 Å². The molecule has 0 fully saturated rings. The number of thioether (sulfide) groups is 1. The SMILES string of the molecule is CCNCCSC1Cc2ccccc2Sc2c1cccc2[N+](=O)[O-]. The van der Waals surface area contributed by atoms with E-state index in [0.717, 1.165) is 40.6 Å². The number of nitrogens with one attached hydrogen (secondary N) is 1. The van der Waals surface area contributed by atoms with E-state index in [9.17, 15) is 10.1 Å². The van der Waals surface area contributed by atoms with Gasteiger partial charge in [0.1, 0.15) is 0 Å². The molecule has 6 heteroatoms. The molecular weight excluding hydrogens is 340 g/mol. The van der Waals surface area contributed by atoms with Crippen molar-refractivity contribution >= 4 is 29.2 Å². The maximum absolute atomic E-state index is 11.5. The lowest BCUT2D eigenvalue weighted by atomic mass is 10.0. The van der Waals surface area contributed by atoms with Crippen molar-refractivity contribution in [2.75, 3.05) is 18.8 Å². The van der Waals surface area contributed by atoms with Gasteiger partial charge in [0, 0.05) is 28.5 Å². The minimum Gasteiger partial charge on any atom is -0.316 e. The van der Waals surface area contributed by atoms with Crippen LogP contribution in [0.3, 0.4) is 0 Å². The molecule has 0 saturated carbocycles. The minimum absolute atomic E-state index is 0.214. The highest BCUT2D eigenvalue weighted by Gasteiger charge is 2.28. The van der Waals surface area contributed by atoms with Crippen LogP contribution in [0.15, 0.2) is 52.3 Å². The minimum atomic E-state index is -0.264. The molecule has 0 spiro atoms. The third-order valence-electron chi connectivity index (χ3n) is 4.01. The Bertz CT molecular complexity index is 737. The van der Waals surface area contributed by atoms with Gasteiger partial charge in [0.2, 0.25) is 0 Å². The third kappa shape index (κ3) is 3.77. The maximum Gasteiger partial charge on any atom is 0.283 e. The number of nitro groups is 1. The zero-order valence-electron chi connectivity index (χ0n) is 13.5. The van der Waals surface area contributed by atoms with E-state index in [1.165, 1.54) is 17.3 Å². The van der Waals surface area contributed by atoms with E-state index < -0.39 is 0 Å². The number of hydrogen-bond acceptors (Lipinski definition) is 5. The van der Waals surface area contributed by atoms with Gasteiger partial charge in [-0.05, 0) is 30.2 Å². The zero-order valence-corrected chi connectivity index (χ0v) is 15.2. The van der Waals surface area contributed by atoms with Gasteiger partial charge in [-0.25, -0.2) is 0 Å². The van der Waals surface area contributed by atoms with E-state index in [2.05, 4.69) is 24.4 Å². The molecule has 1 N–H and O–H groups in total. The van der Waals surface area contributed by atoms with Gasteiger partial charge in [-0.15, -0.1) is 0 Å². The third-order valence-corrected chi connectivity index (χ3v) is 6.54. The first-order chi connectivity index (χ1) is 11.7. The molecule has 0 aromatic heterocycles. The lowest BCUT2D eigenvalue weighted by Gasteiger charge is -2.17. The monoisotopic (exact) mass is 360 g/mol. The van der Waals surface area contributed by atoms with Gasteiger partial charge in [-0.2, -0.15) is 11.8 Å². The Morgan fingerprint density at radius 1 is 1.29 bits per heavy atom. The van der Waals surface area contributed by atoms with Crippen LogP contribution in [0.4, 0.5) is 5.69 Å². The molecule has 2 aromatic rings. The van der Waals surface area contributed by atoms with Crippen molar-refractivity contribution in [1.29, 1.82) is 0 Å². The van der Waals surface area contributed by atoms with Crippen molar-refractivity contribution < 1.29 is 4.92 Å². The summed E-state index contributed by atoms with van der Waals surface area (Å²) in [7, 11) is 0. The highest BCUT2D eigenvalue weighted by Crippen LogP contribution is 2.48. The zero-order chi connectivity index (χ0) is 16.9. The molecule has 4 nitrogen and oxygen atoms in total. The highest BCUT2D eigenvalue weighted by atomic mass is 32.2. The van der Waals surface area contributed by atoms with Crippen molar-refractivity contribution in [3.8, 4) is 0 Å². The summed E-state index contributed by atoms with van der Waals surface area (Å²) in [4.78, 5) is 13.1. The summed E-state index contributed by atoms with van der Waals surface area (Å²) in [5, 5.41) is 15.1. The van der Waals surface area contributed by atoms with Crippen molar-refractivity contribution in [2.24, 2.45) is 0 Å². The van der Waals surface area contributed by atoms with Crippen molar-refractivity contribution in [3.05, 3.63) is 63.7 Å². The lowest BCUT2D eigenvalue weighted by Crippen LogP contribution is -2.16. The molecule has 0 aliphatic carbocycles. The molecule has 0 saturated heterocycles. The second kappa shape index (κ2) is 8.05. The molecule has 3 rings (SSSR count). The van der Waals surface area contributed by atoms with Gasteiger partial charge >= 0.3 is 0 Å². The van der Waals surface area contributed by atoms with Gasteiger partial charge in [-0.3, -0.25) is 10.1 Å². The van der Waals surface area contributed by atoms with Crippen LogP contribution in [0.5, 0.6) is 0 Å². The number of fused-ring (bicyclic) bond motifs is 2. The number of benzene rings is 2. The highest BCUT2D eigenvalue weighted by molar-refractivity contribution is 8.00. The molecule has 1 heterocycles. The lowest BCUT2D eigenvalue weighted by molar-refractivity contribution is -0.387. The van der Waals surface area contributed by atoms with Gasteiger partial charge in [0.05, 0.1) is 9.82 Å². The van der Waals surface area contributed by atoms with Crippen LogP contribution in [0.2, 0.25) is 0 Å². The molecule has 0 bridgehead atoms. The molecular formula is C18H20N2O2S2. The summed E-state index contributed by atoms with van der Waals surface area (Å²) >= 11 is 3.41. The Kier molecular flexibility index (Phi) is 5.81. The normalized spacial score (nSPS) is 16.1. The molecule has 0 amide bonds. The molecule has 1 aliphatic heterocycles. The van der Waals surface area contributed by atoms with E-state index in [-0.39, 0.29) is 15.9 Å². The summed E-state index contributed by atoms with van der Waals surface area (Å²) < 4.78 is 0. The molecule has 1 aliphatic rings. The standard InChI is InChI=1S/C18H20N2O2S2/c1-2-19-10-11-23-17-12-13-6-3-4-9-16(13)24-18-14(17)7-5-8-15(18)20(21)22/h3-9,17,19H,2,10-12H2,1H3.